The number of Topliss-reactive ketones (excluding diaryl/α,β-unsaturated/α-hetero) is 1. The van der Waals surface area contributed by atoms with Crippen molar-refractivity contribution < 1.29 is 9.59 Å². The lowest BCUT2D eigenvalue weighted by Crippen LogP contribution is -2.40. The molecule has 3 heteroatoms. The first kappa shape index (κ1) is 12.2. The van der Waals surface area contributed by atoms with Crippen LogP contribution in [0.1, 0.15) is 46.5 Å². The number of hydrogen-bond acceptors (Lipinski definition) is 2. The van der Waals surface area contributed by atoms with E-state index in [-0.39, 0.29) is 17.6 Å². The van der Waals surface area contributed by atoms with E-state index in [2.05, 4.69) is 6.92 Å². The zero-order valence-electron chi connectivity index (χ0n) is 9.95. The van der Waals surface area contributed by atoms with Gasteiger partial charge in [0.05, 0.1) is 0 Å². The summed E-state index contributed by atoms with van der Waals surface area (Å²) in [5, 5.41) is 0. The summed E-state index contributed by atoms with van der Waals surface area (Å²) in [6.45, 7) is 6.41. The van der Waals surface area contributed by atoms with Crippen molar-refractivity contribution in [2.75, 3.05) is 6.54 Å². The van der Waals surface area contributed by atoms with Crippen LogP contribution in [-0.4, -0.2) is 29.2 Å². The highest BCUT2D eigenvalue weighted by Crippen LogP contribution is 2.27. The monoisotopic (exact) mass is 211 g/mol. The van der Waals surface area contributed by atoms with Crippen LogP contribution < -0.4 is 0 Å². The lowest BCUT2D eigenvalue weighted by molar-refractivity contribution is -0.146. The molecule has 0 aromatic carbocycles. The number of nitrogens with zero attached hydrogens (tertiary/aromatic N) is 1. The normalized spacial score (nSPS) is 15.5. The summed E-state index contributed by atoms with van der Waals surface area (Å²) >= 11 is 0. The molecule has 0 atom stereocenters. The van der Waals surface area contributed by atoms with Crippen molar-refractivity contribution in [1.29, 1.82) is 0 Å². The highest BCUT2D eigenvalue weighted by atomic mass is 16.2. The molecule has 1 saturated carbocycles. The molecular weight excluding hydrogens is 190 g/mol. The van der Waals surface area contributed by atoms with Gasteiger partial charge in [0, 0.05) is 18.5 Å². The van der Waals surface area contributed by atoms with Crippen molar-refractivity contribution in [2.45, 2.75) is 52.5 Å². The molecule has 0 N–H and O–H groups in total. The van der Waals surface area contributed by atoms with Gasteiger partial charge in [-0.1, -0.05) is 27.2 Å². The molecule has 1 aliphatic carbocycles. The molecule has 86 valence electrons. The maximum Gasteiger partial charge on any atom is 0.290 e. The van der Waals surface area contributed by atoms with E-state index < -0.39 is 0 Å². The highest BCUT2D eigenvalue weighted by Gasteiger charge is 2.35. The SMILES string of the molecule is CCCCN(C(=O)C(=O)C(C)C)C1CC1. The van der Waals surface area contributed by atoms with Gasteiger partial charge < -0.3 is 4.90 Å². The van der Waals surface area contributed by atoms with E-state index in [4.69, 9.17) is 0 Å². The molecule has 1 aliphatic rings. The summed E-state index contributed by atoms with van der Waals surface area (Å²) in [6, 6.07) is 0.353. The highest BCUT2D eigenvalue weighted by molar-refractivity contribution is 6.36. The molecule has 0 aromatic heterocycles. The van der Waals surface area contributed by atoms with Crippen LogP contribution in [0, 0.1) is 5.92 Å². The van der Waals surface area contributed by atoms with Gasteiger partial charge in [-0.15, -0.1) is 0 Å². The predicted octanol–water partition coefficient (Wildman–Crippen LogP) is 2.00. The lowest BCUT2D eigenvalue weighted by atomic mass is 10.1. The second-order valence-electron chi connectivity index (χ2n) is 4.60. The summed E-state index contributed by atoms with van der Waals surface area (Å²) in [5.41, 5.74) is 0. The largest absolute Gasteiger partial charge is 0.333 e. The Labute approximate surface area is 91.8 Å². The molecule has 0 unspecified atom stereocenters. The average molecular weight is 211 g/mol. The third-order valence-electron chi connectivity index (χ3n) is 2.74. The minimum atomic E-state index is -0.263. The number of amides is 1. The minimum absolute atomic E-state index is 0.180. The molecule has 0 aliphatic heterocycles. The van der Waals surface area contributed by atoms with Crippen molar-refractivity contribution in [3.8, 4) is 0 Å². The van der Waals surface area contributed by atoms with Crippen LogP contribution in [0.4, 0.5) is 0 Å². The zero-order valence-corrected chi connectivity index (χ0v) is 9.95. The topological polar surface area (TPSA) is 37.4 Å². The van der Waals surface area contributed by atoms with Gasteiger partial charge in [0.1, 0.15) is 0 Å². The molecule has 0 radical (unpaired) electrons. The van der Waals surface area contributed by atoms with Crippen molar-refractivity contribution in [3.63, 3.8) is 0 Å². The van der Waals surface area contributed by atoms with Gasteiger partial charge in [-0.25, -0.2) is 0 Å². The van der Waals surface area contributed by atoms with Crippen molar-refractivity contribution in [3.05, 3.63) is 0 Å². The molecule has 0 heterocycles. The molecule has 0 aromatic rings. The number of carbonyl (C=O) groups is 2. The number of ketones is 1. The van der Waals surface area contributed by atoms with Gasteiger partial charge in [0.25, 0.3) is 5.91 Å². The number of unbranched alkanes of at least 4 members (excludes halogenated alkanes) is 1. The summed E-state index contributed by atoms with van der Waals surface area (Å²) in [6.07, 6.45) is 4.20. The first-order valence-electron chi connectivity index (χ1n) is 5.92. The maximum absolute atomic E-state index is 11.8. The molecule has 15 heavy (non-hydrogen) atoms. The van der Waals surface area contributed by atoms with E-state index >= 15 is 0 Å². The van der Waals surface area contributed by atoms with Crippen molar-refractivity contribution in [2.24, 2.45) is 5.92 Å². The fourth-order valence-electron chi connectivity index (χ4n) is 1.55. The van der Waals surface area contributed by atoms with Crippen LogP contribution in [0.5, 0.6) is 0 Å². The summed E-state index contributed by atoms with van der Waals surface area (Å²) in [7, 11) is 0. The summed E-state index contributed by atoms with van der Waals surface area (Å²) in [4.78, 5) is 25.2. The first-order valence-corrected chi connectivity index (χ1v) is 5.92. The molecule has 0 saturated heterocycles. The quantitative estimate of drug-likeness (QED) is 0.630. The van der Waals surface area contributed by atoms with E-state index in [0.29, 0.717) is 6.04 Å². The van der Waals surface area contributed by atoms with E-state index in [0.717, 1.165) is 32.2 Å². The number of hydrogen-bond donors (Lipinski definition) is 0. The second-order valence-corrected chi connectivity index (χ2v) is 4.60. The van der Waals surface area contributed by atoms with Crippen LogP contribution in [0.25, 0.3) is 0 Å². The van der Waals surface area contributed by atoms with Crippen molar-refractivity contribution >= 4 is 11.7 Å². The summed E-state index contributed by atoms with van der Waals surface area (Å²) < 4.78 is 0. The fourth-order valence-corrected chi connectivity index (χ4v) is 1.55. The van der Waals surface area contributed by atoms with Gasteiger partial charge in [0.15, 0.2) is 0 Å². The molecule has 0 spiro atoms. The van der Waals surface area contributed by atoms with Gasteiger partial charge in [0.2, 0.25) is 5.78 Å². The Morgan fingerprint density at radius 1 is 1.33 bits per heavy atom. The third-order valence-corrected chi connectivity index (χ3v) is 2.74. The Balaban J connectivity index is 2.54. The number of carbonyl (C=O) groups excluding carboxylic acids is 2. The van der Waals surface area contributed by atoms with E-state index in [1.807, 2.05) is 0 Å². The van der Waals surface area contributed by atoms with Crippen LogP contribution >= 0.6 is 0 Å². The molecule has 1 amide bonds. The Hall–Kier alpha value is -0.860. The average Bonchev–Trinajstić information content (AvgIpc) is 3.00. The Kier molecular flexibility index (Phi) is 4.30. The molecular formula is C12H21NO2. The first-order chi connectivity index (χ1) is 7.07. The standard InChI is InChI=1S/C12H21NO2/c1-4-5-8-13(10-6-7-10)12(15)11(14)9(2)3/h9-10H,4-8H2,1-3H3. The van der Waals surface area contributed by atoms with Crippen LogP contribution in [-0.2, 0) is 9.59 Å². The van der Waals surface area contributed by atoms with E-state index in [1.54, 1.807) is 18.7 Å². The second kappa shape index (κ2) is 5.29. The third kappa shape index (κ3) is 3.33. The van der Waals surface area contributed by atoms with E-state index in [9.17, 15) is 9.59 Å². The van der Waals surface area contributed by atoms with Crippen LogP contribution in [0.2, 0.25) is 0 Å². The minimum Gasteiger partial charge on any atom is -0.333 e. The van der Waals surface area contributed by atoms with Gasteiger partial charge in [-0.05, 0) is 19.3 Å². The Morgan fingerprint density at radius 2 is 1.93 bits per heavy atom. The van der Waals surface area contributed by atoms with Crippen molar-refractivity contribution in [1.82, 2.24) is 4.90 Å². The molecule has 1 fully saturated rings. The van der Waals surface area contributed by atoms with Crippen LogP contribution in [0.15, 0.2) is 0 Å². The maximum atomic E-state index is 11.8. The molecule has 0 bridgehead atoms. The van der Waals surface area contributed by atoms with Gasteiger partial charge in [-0.2, -0.15) is 0 Å². The Morgan fingerprint density at radius 3 is 2.33 bits per heavy atom. The fraction of sp³-hybridized carbons (Fsp3) is 0.833. The summed E-state index contributed by atoms with van der Waals surface area (Å²) in [5.74, 6) is -0.681. The Bertz CT molecular complexity index is 244. The molecule has 1 rings (SSSR count). The smallest absolute Gasteiger partial charge is 0.290 e. The van der Waals surface area contributed by atoms with Gasteiger partial charge in [-0.3, -0.25) is 9.59 Å². The van der Waals surface area contributed by atoms with Gasteiger partial charge >= 0.3 is 0 Å². The van der Waals surface area contributed by atoms with E-state index in [1.165, 1.54) is 0 Å². The number of rotatable bonds is 6. The molecule has 3 nitrogen and oxygen atoms in total. The lowest BCUT2D eigenvalue weighted by Gasteiger charge is -2.22. The predicted molar refractivity (Wildman–Crippen MR) is 59.5 cm³/mol. The van der Waals surface area contributed by atoms with Crippen LogP contribution in [0.3, 0.4) is 0 Å². The zero-order chi connectivity index (χ0) is 11.4.